The van der Waals surface area contributed by atoms with Crippen LogP contribution in [0, 0.1) is 5.92 Å². The summed E-state index contributed by atoms with van der Waals surface area (Å²) in [6.07, 6.45) is 7.36. The van der Waals surface area contributed by atoms with Crippen LogP contribution < -0.4 is 5.73 Å². The largest absolute Gasteiger partial charge is 0.321 e. The molecule has 2 aromatic heterocycles. The lowest BCUT2D eigenvalue weighted by Crippen LogP contribution is -2.17. The minimum absolute atomic E-state index is 0.0981. The van der Waals surface area contributed by atoms with E-state index in [1.54, 1.807) is 24.2 Å². The molecule has 0 amide bonds. The van der Waals surface area contributed by atoms with Gasteiger partial charge in [0, 0.05) is 18.8 Å². The molecule has 0 radical (unpaired) electrons. The van der Waals surface area contributed by atoms with Crippen molar-refractivity contribution in [3.63, 3.8) is 0 Å². The van der Waals surface area contributed by atoms with E-state index in [9.17, 15) is 0 Å². The smallest absolute Gasteiger partial charge is 0.151 e. The number of rotatable bonds is 7. The van der Waals surface area contributed by atoms with Crippen molar-refractivity contribution in [1.82, 2.24) is 19.7 Å². The zero-order valence-corrected chi connectivity index (χ0v) is 13.7. The second-order valence-electron chi connectivity index (χ2n) is 5.49. The minimum atomic E-state index is -0.0981. The number of hydrogen-bond acceptors (Lipinski definition) is 5. The first-order valence-corrected chi connectivity index (χ1v) is 8.62. The van der Waals surface area contributed by atoms with Gasteiger partial charge in [0.15, 0.2) is 5.82 Å². The van der Waals surface area contributed by atoms with Crippen LogP contribution in [0.15, 0.2) is 24.5 Å². The second kappa shape index (κ2) is 7.56. The van der Waals surface area contributed by atoms with E-state index in [-0.39, 0.29) is 6.04 Å². The molecule has 0 aliphatic heterocycles. The average Bonchev–Trinajstić information content (AvgIpc) is 2.88. The average molecular weight is 305 g/mol. The van der Waals surface area contributed by atoms with Crippen molar-refractivity contribution in [3.05, 3.63) is 36.2 Å². The molecule has 2 N–H and O–H groups in total. The SMILES string of the molecule is CSCC[C@H](N)c1nc(CC(C)C)nn1-c1ccncc1. The van der Waals surface area contributed by atoms with Gasteiger partial charge in [0.25, 0.3) is 0 Å². The number of nitrogens with two attached hydrogens (primary N) is 1. The summed E-state index contributed by atoms with van der Waals surface area (Å²) < 4.78 is 1.87. The maximum absolute atomic E-state index is 6.31. The molecule has 2 heterocycles. The summed E-state index contributed by atoms with van der Waals surface area (Å²) in [4.78, 5) is 8.73. The fraction of sp³-hybridized carbons (Fsp3) is 0.533. The lowest BCUT2D eigenvalue weighted by Gasteiger charge is -2.11. The van der Waals surface area contributed by atoms with E-state index in [0.29, 0.717) is 5.92 Å². The highest BCUT2D eigenvalue weighted by Gasteiger charge is 2.18. The fourth-order valence-electron chi connectivity index (χ4n) is 2.11. The van der Waals surface area contributed by atoms with Gasteiger partial charge in [-0.25, -0.2) is 9.67 Å². The molecule has 0 unspecified atom stereocenters. The van der Waals surface area contributed by atoms with Crippen molar-refractivity contribution in [1.29, 1.82) is 0 Å². The molecule has 0 bridgehead atoms. The quantitative estimate of drug-likeness (QED) is 0.851. The number of pyridine rings is 1. The Bertz CT molecular complexity index is 552. The van der Waals surface area contributed by atoms with Crippen LogP contribution in [0.3, 0.4) is 0 Å². The van der Waals surface area contributed by atoms with Gasteiger partial charge in [0.2, 0.25) is 0 Å². The summed E-state index contributed by atoms with van der Waals surface area (Å²) in [5.74, 6) is 3.24. The molecule has 0 aliphatic rings. The highest BCUT2D eigenvalue weighted by molar-refractivity contribution is 7.98. The zero-order chi connectivity index (χ0) is 15.2. The molecule has 0 saturated carbocycles. The van der Waals surface area contributed by atoms with Gasteiger partial charge < -0.3 is 5.73 Å². The van der Waals surface area contributed by atoms with Crippen LogP contribution in [0.25, 0.3) is 5.69 Å². The normalized spacial score (nSPS) is 12.8. The maximum Gasteiger partial charge on any atom is 0.151 e. The Labute approximate surface area is 130 Å². The van der Waals surface area contributed by atoms with E-state index in [1.807, 2.05) is 16.8 Å². The number of aromatic nitrogens is 4. The van der Waals surface area contributed by atoms with Crippen LogP contribution in [-0.4, -0.2) is 31.8 Å². The standard InChI is InChI=1S/C15H23N5S/c1-11(2)10-14-18-15(13(16)6-9-21-3)20(19-14)12-4-7-17-8-5-12/h4-5,7-8,11,13H,6,9-10,16H2,1-3H3/t13-/m0/s1. The van der Waals surface area contributed by atoms with Crippen molar-refractivity contribution in [2.45, 2.75) is 32.7 Å². The Hall–Kier alpha value is -1.40. The molecule has 2 aromatic rings. The van der Waals surface area contributed by atoms with E-state index in [1.165, 1.54) is 0 Å². The highest BCUT2D eigenvalue weighted by Crippen LogP contribution is 2.19. The molecule has 0 aromatic carbocycles. The fourth-order valence-corrected chi connectivity index (χ4v) is 2.60. The lowest BCUT2D eigenvalue weighted by atomic mass is 10.1. The van der Waals surface area contributed by atoms with Gasteiger partial charge in [-0.05, 0) is 36.5 Å². The Balaban J connectivity index is 2.34. The van der Waals surface area contributed by atoms with Crippen molar-refractivity contribution in [2.24, 2.45) is 11.7 Å². The minimum Gasteiger partial charge on any atom is -0.321 e. The van der Waals surface area contributed by atoms with E-state index in [4.69, 9.17) is 5.73 Å². The number of hydrogen-bond donors (Lipinski definition) is 1. The molecule has 0 fully saturated rings. The van der Waals surface area contributed by atoms with Crippen molar-refractivity contribution >= 4 is 11.8 Å². The molecule has 114 valence electrons. The third kappa shape index (κ3) is 4.28. The molecular formula is C15H23N5S. The van der Waals surface area contributed by atoms with Crippen LogP contribution in [0.2, 0.25) is 0 Å². The zero-order valence-electron chi connectivity index (χ0n) is 12.9. The number of thioether (sulfide) groups is 1. The van der Waals surface area contributed by atoms with Gasteiger partial charge in [-0.1, -0.05) is 13.8 Å². The molecule has 0 spiro atoms. The van der Waals surface area contributed by atoms with Gasteiger partial charge in [-0.2, -0.15) is 16.9 Å². The molecule has 21 heavy (non-hydrogen) atoms. The van der Waals surface area contributed by atoms with Gasteiger partial charge >= 0.3 is 0 Å². The maximum atomic E-state index is 6.31. The van der Waals surface area contributed by atoms with Crippen LogP contribution in [0.1, 0.15) is 38.0 Å². The van der Waals surface area contributed by atoms with E-state index >= 15 is 0 Å². The topological polar surface area (TPSA) is 69.6 Å². The van der Waals surface area contributed by atoms with Crippen LogP contribution in [0.4, 0.5) is 0 Å². The molecule has 5 nitrogen and oxygen atoms in total. The Morgan fingerprint density at radius 2 is 2.00 bits per heavy atom. The van der Waals surface area contributed by atoms with Crippen LogP contribution in [-0.2, 0) is 6.42 Å². The number of nitrogens with zero attached hydrogens (tertiary/aromatic N) is 4. The van der Waals surface area contributed by atoms with Gasteiger partial charge in [-0.15, -0.1) is 0 Å². The highest BCUT2D eigenvalue weighted by atomic mass is 32.2. The van der Waals surface area contributed by atoms with Crippen LogP contribution >= 0.6 is 11.8 Å². The molecule has 0 saturated heterocycles. The van der Waals surface area contributed by atoms with E-state index in [2.05, 4.69) is 35.2 Å². The van der Waals surface area contributed by atoms with Gasteiger partial charge in [0.1, 0.15) is 5.82 Å². The van der Waals surface area contributed by atoms with Crippen molar-refractivity contribution in [3.8, 4) is 5.69 Å². The van der Waals surface area contributed by atoms with Gasteiger partial charge in [-0.3, -0.25) is 4.98 Å². The third-order valence-electron chi connectivity index (χ3n) is 3.14. The van der Waals surface area contributed by atoms with Gasteiger partial charge in [0.05, 0.1) is 11.7 Å². The lowest BCUT2D eigenvalue weighted by molar-refractivity contribution is 0.618. The molecule has 2 rings (SSSR count). The predicted molar refractivity (Wildman–Crippen MR) is 87.6 cm³/mol. The van der Waals surface area contributed by atoms with Crippen LogP contribution in [0.5, 0.6) is 0 Å². The Morgan fingerprint density at radius 1 is 1.29 bits per heavy atom. The van der Waals surface area contributed by atoms with Crippen molar-refractivity contribution < 1.29 is 0 Å². The van der Waals surface area contributed by atoms with Crippen molar-refractivity contribution in [2.75, 3.05) is 12.0 Å². The molecule has 0 aliphatic carbocycles. The predicted octanol–water partition coefficient (Wildman–Crippen LogP) is 2.61. The summed E-state index contributed by atoms with van der Waals surface area (Å²) >= 11 is 1.80. The summed E-state index contributed by atoms with van der Waals surface area (Å²) in [5, 5.41) is 4.64. The monoisotopic (exact) mass is 305 g/mol. The van der Waals surface area contributed by atoms with E-state index < -0.39 is 0 Å². The third-order valence-corrected chi connectivity index (χ3v) is 3.78. The Kier molecular flexibility index (Phi) is 5.76. The molecule has 6 heteroatoms. The molecular weight excluding hydrogens is 282 g/mol. The summed E-state index contributed by atoms with van der Waals surface area (Å²) in [7, 11) is 0. The Morgan fingerprint density at radius 3 is 2.62 bits per heavy atom. The first kappa shape index (κ1) is 16.0. The molecule has 1 atom stereocenters. The summed E-state index contributed by atoms with van der Waals surface area (Å²) in [6.45, 7) is 4.33. The summed E-state index contributed by atoms with van der Waals surface area (Å²) in [6, 6.07) is 3.76. The first-order valence-electron chi connectivity index (χ1n) is 7.22. The second-order valence-corrected chi connectivity index (χ2v) is 6.47. The summed E-state index contributed by atoms with van der Waals surface area (Å²) in [5.41, 5.74) is 7.27. The first-order chi connectivity index (χ1) is 10.1. The van der Waals surface area contributed by atoms with E-state index in [0.717, 1.165) is 35.9 Å².